The van der Waals surface area contributed by atoms with Gasteiger partial charge in [0, 0.05) is 6.42 Å². The van der Waals surface area contributed by atoms with Gasteiger partial charge in [-0.15, -0.1) is 0 Å². The first-order valence-corrected chi connectivity index (χ1v) is 8.25. The van der Waals surface area contributed by atoms with Crippen LogP contribution in [0.15, 0.2) is 48.5 Å². The molecule has 7 heteroatoms. The van der Waals surface area contributed by atoms with E-state index in [1.165, 1.54) is 19.2 Å². The molecule has 6 nitrogen and oxygen atoms in total. The molecule has 0 aliphatic heterocycles. The number of halogens is 1. The lowest BCUT2D eigenvalue weighted by Crippen LogP contribution is -2.44. The normalized spacial score (nSPS) is 11.4. The molecule has 0 radical (unpaired) electrons. The number of hydrogen-bond acceptors (Lipinski definition) is 5. The maximum Gasteiger partial charge on any atom is 0.338 e. The molecule has 2 rings (SSSR count). The molecule has 2 aromatic rings. The molecular formula is C20H20FNO5. The Hall–Kier alpha value is -3.22. The van der Waals surface area contributed by atoms with E-state index in [4.69, 9.17) is 9.47 Å². The molecule has 0 spiro atoms. The molecule has 2 aromatic carbocycles. The van der Waals surface area contributed by atoms with Crippen LogP contribution in [0.25, 0.3) is 0 Å². The predicted molar refractivity (Wildman–Crippen MR) is 95.5 cm³/mol. The number of hydrogen-bond donors (Lipinski definition) is 1. The van der Waals surface area contributed by atoms with Crippen molar-refractivity contribution in [1.29, 1.82) is 0 Å². The Labute approximate surface area is 156 Å². The molecule has 142 valence electrons. The Morgan fingerprint density at radius 1 is 1.11 bits per heavy atom. The Morgan fingerprint density at radius 2 is 1.81 bits per heavy atom. The maximum atomic E-state index is 13.5. The number of carbonyl (C=O) groups excluding carboxylic acids is 3. The van der Waals surface area contributed by atoms with Gasteiger partial charge in [-0.05, 0) is 30.2 Å². The zero-order chi connectivity index (χ0) is 19.8. The summed E-state index contributed by atoms with van der Waals surface area (Å²) in [5, 5.41) is 2.48. The monoisotopic (exact) mass is 373 g/mol. The van der Waals surface area contributed by atoms with Crippen LogP contribution >= 0.6 is 0 Å². The summed E-state index contributed by atoms with van der Waals surface area (Å²) in [6.45, 7) is 0.966. The predicted octanol–water partition coefficient (Wildman–Crippen LogP) is 2.19. The van der Waals surface area contributed by atoms with Crippen LogP contribution in [0.5, 0.6) is 0 Å². The third-order valence-electron chi connectivity index (χ3n) is 3.85. The van der Waals surface area contributed by atoms with Gasteiger partial charge in [0.25, 0.3) is 5.91 Å². The topological polar surface area (TPSA) is 81.7 Å². The van der Waals surface area contributed by atoms with Gasteiger partial charge in [0.1, 0.15) is 11.9 Å². The maximum absolute atomic E-state index is 13.5. The second-order valence-corrected chi connectivity index (χ2v) is 5.87. The molecule has 1 N–H and O–H groups in total. The van der Waals surface area contributed by atoms with Crippen molar-refractivity contribution in [3.8, 4) is 0 Å². The minimum absolute atomic E-state index is 0.000275. The van der Waals surface area contributed by atoms with Gasteiger partial charge < -0.3 is 14.8 Å². The first-order chi connectivity index (χ1) is 12.9. The van der Waals surface area contributed by atoms with E-state index in [0.717, 1.165) is 11.6 Å². The molecule has 0 saturated carbocycles. The molecule has 0 unspecified atom stereocenters. The van der Waals surface area contributed by atoms with Gasteiger partial charge >= 0.3 is 11.9 Å². The first kappa shape index (κ1) is 20.1. The van der Waals surface area contributed by atoms with Gasteiger partial charge in [-0.3, -0.25) is 4.79 Å². The van der Waals surface area contributed by atoms with Gasteiger partial charge in [0.05, 0.1) is 12.7 Å². The lowest BCUT2D eigenvalue weighted by molar-refractivity contribution is -0.145. The Balaban J connectivity index is 1.93. The molecule has 0 bridgehead atoms. The number of esters is 2. The molecule has 0 fully saturated rings. The summed E-state index contributed by atoms with van der Waals surface area (Å²) in [5.41, 5.74) is 1.23. The summed E-state index contributed by atoms with van der Waals surface area (Å²) in [4.78, 5) is 35.9. The SMILES string of the molecule is COC(=O)[C@H](Cc1ccccc1)NC(=O)COC(=O)c1ccc(C)c(F)c1. The highest BCUT2D eigenvalue weighted by molar-refractivity contribution is 5.92. The second kappa shape index (κ2) is 9.47. The van der Waals surface area contributed by atoms with Crippen molar-refractivity contribution in [2.75, 3.05) is 13.7 Å². The zero-order valence-corrected chi connectivity index (χ0v) is 15.0. The summed E-state index contributed by atoms with van der Waals surface area (Å²) in [7, 11) is 1.22. The fraction of sp³-hybridized carbons (Fsp3) is 0.250. The Kier molecular flexibility index (Phi) is 7.05. The quantitative estimate of drug-likeness (QED) is 0.753. The van der Waals surface area contributed by atoms with Crippen LogP contribution in [0.3, 0.4) is 0 Å². The lowest BCUT2D eigenvalue weighted by atomic mass is 10.1. The number of benzene rings is 2. The number of nitrogens with one attached hydrogen (secondary N) is 1. The smallest absolute Gasteiger partial charge is 0.338 e. The molecule has 27 heavy (non-hydrogen) atoms. The van der Waals surface area contributed by atoms with E-state index in [2.05, 4.69) is 5.32 Å². The fourth-order valence-electron chi connectivity index (χ4n) is 2.36. The van der Waals surface area contributed by atoms with Gasteiger partial charge in [-0.25, -0.2) is 14.0 Å². The van der Waals surface area contributed by atoms with E-state index in [1.54, 1.807) is 6.92 Å². The van der Waals surface area contributed by atoms with Crippen LogP contribution in [0.1, 0.15) is 21.5 Å². The number of methoxy groups -OCH3 is 1. The molecule has 0 saturated heterocycles. The van der Waals surface area contributed by atoms with Crippen molar-refractivity contribution < 1.29 is 28.2 Å². The van der Waals surface area contributed by atoms with Crippen molar-refractivity contribution in [3.63, 3.8) is 0 Å². The van der Waals surface area contributed by atoms with Crippen LogP contribution in [-0.4, -0.2) is 37.6 Å². The van der Waals surface area contributed by atoms with Crippen molar-refractivity contribution in [1.82, 2.24) is 5.32 Å². The van der Waals surface area contributed by atoms with E-state index in [9.17, 15) is 18.8 Å². The number of aryl methyl sites for hydroxylation is 1. The van der Waals surface area contributed by atoms with Gasteiger partial charge in [0.15, 0.2) is 6.61 Å². The summed E-state index contributed by atoms with van der Waals surface area (Å²) in [5.74, 6) is -2.65. The minimum atomic E-state index is -0.916. The molecule has 0 heterocycles. The van der Waals surface area contributed by atoms with E-state index >= 15 is 0 Å². The number of carbonyl (C=O) groups is 3. The average molecular weight is 373 g/mol. The van der Waals surface area contributed by atoms with Crippen LogP contribution in [0, 0.1) is 12.7 Å². The van der Waals surface area contributed by atoms with Gasteiger partial charge in [0.2, 0.25) is 0 Å². The second-order valence-electron chi connectivity index (χ2n) is 5.87. The molecule has 1 atom stereocenters. The van der Waals surface area contributed by atoms with Crippen molar-refractivity contribution in [2.45, 2.75) is 19.4 Å². The molecule has 0 aliphatic rings. The van der Waals surface area contributed by atoms with E-state index in [1.807, 2.05) is 30.3 Å². The van der Waals surface area contributed by atoms with E-state index in [0.29, 0.717) is 5.56 Å². The lowest BCUT2D eigenvalue weighted by Gasteiger charge is -2.16. The number of amides is 1. The molecule has 0 aromatic heterocycles. The first-order valence-electron chi connectivity index (χ1n) is 8.25. The standard InChI is InChI=1S/C20H20FNO5/c1-13-8-9-15(11-16(13)21)19(24)27-12-18(23)22-17(20(25)26-2)10-14-6-4-3-5-7-14/h3-9,11,17H,10,12H2,1-2H3,(H,22,23)/t17-/m0/s1. The van der Waals surface area contributed by atoms with Gasteiger partial charge in [-0.1, -0.05) is 36.4 Å². The van der Waals surface area contributed by atoms with E-state index in [-0.39, 0.29) is 12.0 Å². The summed E-state index contributed by atoms with van der Waals surface area (Å²) in [6.07, 6.45) is 0.233. The molecular weight excluding hydrogens is 353 g/mol. The van der Waals surface area contributed by atoms with Crippen LogP contribution in [0.2, 0.25) is 0 Å². The summed E-state index contributed by atoms with van der Waals surface area (Å²) in [6, 6.07) is 12.1. The van der Waals surface area contributed by atoms with Crippen LogP contribution in [-0.2, 0) is 25.5 Å². The van der Waals surface area contributed by atoms with Crippen molar-refractivity contribution in [2.24, 2.45) is 0 Å². The highest BCUT2D eigenvalue weighted by atomic mass is 19.1. The number of rotatable bonds is 7. The Bertz CT molecular complexity index is 822. The highest BCUT2D eigenvalue weighted by Crippen LogP contribution is 2.10. The van der Waals surface area contributed by atoms with E-state index < -0.39 is 36.3 Å². The third kappa shape index (κ3) is 5.91. The summed E-state index contributed by atoms with van der Waals surface area (Å²) < 4.78 is 23.1. The van der Waals surface area contributed by atoms with Crippen LogP contribution < -0.4 is 5.32 Å². The third-order valence-corrected chi connectivity index (χ3v) is 3.85. The average Bonchev–Trinajstić information content (AvgIpc) is 2.67. The van der Waals surface area contributed by atoms with Crippen molar-refractivity contribution >= 4 is 17.8 Å². The largest absolute Gasteiger partial charge is 0.467 e. The van der Waals surface area contributed by atoms with Gasteiger partial charge in [-0.2, -0.15) is 0 Å². The fourth-order valence-corrected chi connectivity index (χ4v) is 2.36. The minimum Gasteiger partial charge on any atom is -0.467 e. The molecule has 0 aliphatic carbocycles. The summed E-state index contributed by atoms with van der Waals surface area (Å²) >= 11 is 0. The molecule has 1 amide bonds. The Morgan fingerprint density at radius 3 is 2.44 bits per heavy atom. The van der Waals surface area contributed by atoms with Crippen LogP contribution in [0.4, 0.5) is 4.39 Å². The number of ether oxygens (including phenoxy) is 2. The van der Waals surface area contributed by atoms with Crippen molar-refractivity contribution in [3.05, 3.63) is 71.0 Å². The highest BCUT2D eigenvalue weighted by Gasteiger charge is 2.22. The zero-order valence-electron chi connectivity index (χ0n) is 15.0.